The number of nitrogens with zero attached hydrogens (tertiary/aromatic N) is 3. The first-order chi connectivity index (χ1) is 12.3. The highest BCUT2D eigenvalue weighted by Crippen LogP contribution is 2.24. The van der Waals surface area contributed by atoms with E-state index in [0.717, 1.165) is 24.2 Å². The molecule has 0 atom stereocenters. The Balaban J connectivity index is 1.42. The van der Waals surface area contributed by atoms with E-state index in [4.69, 9.17) is 4.74 Å². The molecule has 0 unspecified atom stereocenters. The van der Waals surface area contributed by atoms with Crippen LogP contribution in [-0.2, 0) is 6.54 Å². The van der Waals surface area contributed by atoms with Gasteiger partial charge in [-0.25, -0.2) is 4.98 Å². The smallest absolute Gasteiger partial charge is 0.275 e. The maximum absolute atomic E-state index is 11.7. The lowest BCUT2D eigenvalue weighted by molar-refractivity contribution is 0.155. The number of ether oxygens (including phenoxy) is 1. The normalized spacial score (nSPS) is 15.4. The van der Waals surface area contributed by atoms with Gasteiger partial charge >= 0.3 is 0 Å². The zero-order valence-electron chi connectivity index (χ0n) is 13.9. The monoisotopic (exact) mass is 356 g/mol. The van der Waals surface area contributed by atoms with Crippen molar-refractivity contribution in [3.8, 4) is 5.75 Å². The molecular formula is C18H20N4O2S. The highest BCUT2D eigenvalue weighted by molar-refractivity contribution is 7.20. The Hall–Kier alpha value is -2.41. The first kappa shape index (κ1) is 16.1. The van der Waals surface area contributed by atoms with E-state index in [9.17, 15) is 4.79 Å². The van der Waals surface area contributed by atoms with E-state index in [1.165, 1.54) is 47.4 Å². The van der Waals surface area contributed by atoms with Gasteiger partial charge in [0.2, 0.25) is 10.1 Å². The molecule has 0 saturated heterocycles. The second-order valence-corrected chi connectivity index (χ2v) is 7.22. The van der Waals surface area contributed by atoms with Crippen molar-refractivity contribution in [1.82, 2.24) is 14.6 Å². The Morgan fingerprint density at radius 1 is 1.24 bits per heavy atom. The Kier molecular flexibility index (Phi) is 4.65. The summed E-state index contributed by atoms with van der Waals surface area (Å²) < 4.78 is 7.43. The molecule has 0 radical (unpaired) electrons. The molecule has 1 aromatic carbocycles. The third-order valence-corrected chi connectivity index (χ3v) is 5.25. The van der Waals surface area contributed by atoms with Crippen LogP contribution >= 0.6 is 11.3 Å². The number of fused-ring (bicyclic) bond motifs is 1. The molecule has 1 aliphatic rings. The second-order valence-electron chi connectivity index (χ2n) is 6.26. The summed E-state index contributed by atoms with van der Waals surface area (Å²) in [4.78, 5) is 16.5. The van der Waals surface area contributed by atoms with Gasteiger partial charge in [-0.05, 0) is 43.4 Å². The van der Waals surface area contributed by atoms with Crippen molar-refractivity contribution < 1.29 is 4.74 Å². The Morgan fingerprint density at radius 3 is 2.96 bits per heavy atom. The number of rotatable bonds is 5. The van der Waals surface area contributed by atoms with Gasteiger partial charge in [-0.3, -0.25) is 4.79 Å². The molecule has 130 valence electrons. The number of nitrogens with one attached hydrogen (secondary N) is 1. The standard InChI is InChI=1S/C18H20N4O2S/c23-16-9-10-19-18-22(16)21-17(25-18)20-12-13-5-4-8-15(11-13)24-14-6-2-1-3-7-14/h4-5,8-11,14H,1-3,6-7,12H2,(H,20,21). The molecule has 1 saturated carbocycles. The fourth-order valence-electron chi connectivity index (χ4n) is 3.10. The minimum Gasteiger partial charge on any atom is -0.490 e. The SMILES string of the molecule is O=c1ccnc2sc(NCc3cccc(OC4CCCCC4)c3)nn12. The van der Waals surface area contributed by atoms with Crippen molar-refractivity contribution in [1.29, 1.82) is 0 Å². The largest absolute Gasteiger partial charge is 0.490 e. The minimum absolute atomic E-state index is 0.169. The summed E-state index contributed by atoms with van der Waals surface area (Å²) in [6.07, 6.45) is 7.99. The van der Waals surface area contributed by atoms with Gasteiger partial charge in [-0.2, -0.15) is 4.52 Å². The van der Waals surface area contributed by atoms with Gasteiger partial charge in [0.15, 0.2) is 0 Å². The molecule has 0 aliphatic heterocycles. The van der Waals surface area contributed by atoms with Crippen LogP contribution in [0.4, 0.5) is 5.13 Å². The first-order valence-corrected chi connectivity index (χ1v) is 9.44. The molecule has 2 aromatic heterocycles. The van der Waals surface area contributed by atoms with E-state index in [2.05, 4.69) is 27.5 Å². The van der Waals surface area contributed by atoms with Gasteiger partial charge in [-0.1, -0.05) is 29.9 Å². The van der Waals surface area contributed by atoms with E-state index < -0.39 is 0 Å². The molecule has 4 rings (SSSR count). The third kappa shape index (κ3) is 3.82. The van der Waals surface area contributed by atoms with Crippen LogP contribution in [0.2, 0.25) is 0 Å². The maximum atomic E-state index is 11.7. The maximum Gasteiger partial charge on any atom is 0.275 e. The molecule has 7 heteroatoms. The van der Waals surface area contributed by atoms with Crippen molar-refractivity contribution in [3.63, 3.8) is 0 Å². The van der Waals surface area contributed by atoms with Crippen LogP contribution in [-0.4, -0.2) is 20.7 Å². The lowest BCUT2D eigenvalue weighted by atomic mass is 9.98. The number of hydrogen-bond donors (Lipinski definition) is 1. The van der Waals surface area contributed by atoms with Crippen molar-refractivity contribution in [3.05, 3.63) is 52.4 Å². The van der Waals surface area contributed by atoms with Crippen LogP contribution in [0.25, 0.3) is 4.96 Å². The summed E-state index contributed by atoms with van der Waals surface area (Å²) in [7, 11) is 0. The lowest BCUT2D eigenvalue weighted by Crippen LogP contribution is -2.19. The van der Waals surface area contributed by atoms with E-state index >= 15 is 0 Å². The topological polar surface area (TPSA) is 68.5 Å². The average Bonchev–Trinajstić information content (AvgIpc) is 3.06. The zero-order valence-corrected chi connectivity index (χ0v) is 14.7. The van der Waals surface area contributed by atoms with Crippen molar-refractivity contribution in [2.45, 2.75) is 44.8 Å². The number of benzene rings is 1. The van der Waals surface area contributed by atoms with Gasteiger partial charge in [0, 0.05) is 18.8 Å². The van der Waals surface area contributed by atoms with Crippen LogP contribution in [0.3, 0.4) is 0 Å². The van der Waals surface area contributed by atoms with Gasteiger partial charge in [0.25, 0.3) is 5.56 Å². The number of anilines is 1. The number of hydrogen-bond acceptors (Lipinski definition) is 6. The summed E-state index contributed by atoms with van der Waals surface area (Å²) in [5.74, 6) is 0.924. The van der Waals surface area contributed by atoms with Crippen molar-refractivity contribution in [2.24, 2.45) is 0 Å². The summed E-state index contributed by atoms with van der Waals surface area (Å²) in [6, 6.07) is 9.55. The fourth-order valence-corrected chi connectivity index (χ4v) is 3.87. The quantitative estimate of drug-likeness (QED) is 0.758. The molecule has 0 amide bonds. The number of aromatic nitrogens is 3. The first-order valence-electron chi connectivity index (χ1n) is 8.62. The van der Waals surface area contributed by atoms with Gasteiger partial charge in [-0.15, -0.1) is 5.10 Å². The van der Waals surface area contributed by atoms with Crippen LogP contribution in [0.15, 0.2) is 41.3 Å². The minimum atomic E-state index is -0.169. The summed E-state index contributed by atoms with van der Waals surface area (Å²) in [5.41, 5.74) is 0.949. The molecule has 0 spiro atoms. The van der Waals surface area contributed by atoms with Gasteiger partial charge in [0.05, 0.1) is 6.10 Å². The third-order valence-electron chi connectivity index (χ3n) is 4.37. The molecule has 0 bridgehead atoms. The Bertz CT molecular complexity index is 915. The summed E-state index contributed by atoms with van der Waals surface area (Å²) in [6.45, 7) is 0.621. The molecule has 6 nitrogen and oxygen atoms in total. The zero-order chi connectivity index (χ0) is 17.1. The van der Waals surface area contributed by atoms with Crippen LogP contribution in [0, 0.1) is 0 Å². The molecule has 1 N–H and O–H groups in total. The van der Waals surface area contributed by atoms with Crippen LogP contribution < -0.4 is 15.6 Å². The fraction of sp³-hybridized carbons (Fsp3) is 0.389. The Morgan fingerprint density at radius 2 is 2.12 bits per heavy atom. The molecule has 25 heavy (non-hydrogen) atoms. The molecule has 1 fully saturated rings. The average molecular weight is 356 g/mol. The van der Waals surface area contributed by atoms with E-state index in [-0.39, 0.29) is 5.56 Å². The van der Waals surface area contributed by atoms with Crippen LogP contribution in [0.1, 0.15) is 37.7 Å². The lowest BCUT2D eigenvalue weighted by Gasteiger charge is -2.23. The second kappa shape index (κ2) is 7.23. The van der Waals surface area contributed by atoms with Crippen LogP contribution in [0.5, 0.6) is 5.75 Å². The van der Waals surface area contributed by atoms with E-state index in [1.807, 2.05) is 12.1 Å². The predicted molar refractivity (Wildman–Crippen MR) is 98.4 cm³/mol. The predicted octanol–water partition coefficient (Wildman–Crippen LogP) is 3.47. The highest BCUT2D eigenvalue weighted by Gasteiger charge is 2.14. The van der Waals surface area contributed by atoms with E-state index in [1.54, 1.807) is 0 Å². The van der Waals surface area contributed by atoms with E-state index in [0.29, 0.717) is 22.7 Å². The van der Waals surface area contributed by atoms with Crippen molar-refractivity contribution in [2.75, 3.05) is 5.32 Å². The molecular weight excluding hydrogens is 336 g/mol. The summed E-state index contributed by atoms with van der Waals surface area (Å²) >= 11 is 1.36. The molecule has 2 heterocycles. The summed E-state index contributed by atoms with van der Waals surface area (Å²) in [5, 5.41) is 8.20. The molecule has 1 aliphatic carbocycles. The van der Waals surface area contributed by atoms with Crippen molar-refractivity contribution >= 4 is 21.4 Å². The van der Waals surface area contributed by atoms with Gasteiger partial charge in [0.1, 0.15) is 5.75 Å². The molecule has 3 aromatic rings. The van der Waals surface area contributed by atoms with Gasteiger partial charge < -0.3 is 10.1 Å². The highest BCUT2D eigenvalue weighted by atomic mass is 32.1. The Labute approximate surface area is 149 Å².